The van der Waals surface area contributed by atoms with Crippen molar-refractivity contribution in [2.75, 3.05) is 5.75 Å². The molecule has 0 saturated heterocycles. The predicted octanol–water partition coefficient (Wildman–Crippen LogP) is 1.38. The van der Waals surface area contributed by atoms with Gasteiger partial charge in [-0.15, -0.1) is 10.2 Å². The number of aryl methyl sites for hydroxylation is 1. The fourth-order valence-electron chi connectivity index (χ4n) is 1.43. The molecule has 1 N–H and O–H groups in total. The zero-order chi connectivity index (χ0) is 13.0. The third-order valence-electron chi connectivity index (χ3n) is 2.35. The van der Waals surface area contributed by atoms with E-state index in [2.05, 4.69) is 15.5 Å². The summed E-state index contributed by atoms with van der Waals surface area (Å²) in [6, 6.07) is 3.50. The van der Waals surface area contributed by atoms with Gasteiger partial charge in [0.05, 0.1) is 18.1 Å². The molecule has 2 aromatic heterocycles. The van der Waals surface area contributed by atoms with E-state index in [1.54, 1.807) is 23.2 Å². The Morgan fingerprint density at radius 1 is 1.67 bits per heavy atom. The highest BCUT2D eigenvalue weighted by Crippen LogP contribution is 2.15. The van der Waals surface area contributed by atoms with Crippen molar-refractivity contribution >= 4 is 17.7 Å². The minimum Gasteiger partial charge on any atom is -0.467 e. The highest BCUT2D eigenvalue weighted by atomic mass is 32.2. The number of amides is 1. The zero-order valence-electron chi connectivity index (χ0n) is 10.2. The molecule has 0 saturated carbocycles. The molecule has 96 valence electrons. The molecule has 0 bridgehead atoms. The van der Waals surface area contributed by atoms with Crippen LogP contribution in [0, 0.1) is 0 Å². The Hall–Kier alpha value is -1.76. The van der Waals surface area contributed by atoms with E-state index >= 15 is 0 Å². The van der Waals surface area contributed by atoms with Crippen LogP contribution in [-0.2, 0) is 11.8 Å². The van der Waals surface area contributed by atoms with Crippen LogP contribution in [0.25, 0.3) is 0 Å². The molecule has 0 aliphatic carbocycles. The van der Waals surface area contributed by atoms with Crippen molar-refractivity contribution in [2.24, 2.45) is 7.05 Å². The average Bonchev–Trinajstić information content (AvgIpc) is 2.97. The number of carbonyl (C=O) groups excluding carboxylic acids is 1. The molecular weight excluding hydrogens is 252 g/mol. The Kier molecular flexibility index (Phi) is 4.03. The van der Waals surface area contributed by atoms with Crippen LogP contribution in [0.5, 0.6) is 0 Å². The molecule has 0 fully saturated rings. The highest BCUT2D eigenvalue weighted by Gasteiger charge is 2.12. The normalized spacial score (nSPS) is 12.3. The van der Waals surface area contributed by atoms with Gasteiger partial charge >= 0.3 is 0 Å². The van der Waals surface area contributed by atoms with E-state index in [0.717, 1.165) is 10.9 Å². The first-order valence-corrected chi connectivity index (χ1v) is 6.45. The van der Waals surface area contributed by atoms with Gasteiger partial charge in [0.25, 0.3) is 0 Å². The monoisotopic (exact) mass is 266 g/mol. The lowest BCUT2D eigenvalue weighted by atomic mass is 10.2. The van der Waals surface area contributed by atoms with E-state index in [0.29, 0.717) is 5.75 Å². The number of nitrogens with zero attached hydrogens (tertiary/aromatic N) is 3. The van der Waals surface area contributed by atoms with Gasteiger partial charge in [-0.2, -0.15) is 0 Å². The smallest absolute Gasteiger partial charge is 0.231 e. The van der Waals surface area contributed by atoms with Gasteiger partial charge in [-0.25, -0.2) is 0 Å². The summed E-state index contributed by atoms with van der Waals surface area (Å²) in [5.41, 5.74) is 0. The van der Waals surface area contributed by atoms with Crippen LogP contribution in [0.3, 0.4) is 0 Å². The summed E-state index contributed by atoms with van der Waals surface area (Å²) < 4.78 is 6.99. The summed E-state index contributed by atoms with van der Waals surface area (Å²) in [6.07, 6.45) is 3.19. The van der Waals surface area contributed by atoms with Gasteiger partial charge < -0.3 is 14.3 Å². The summed E-state index contributed by atoms with van der Waals surface area (Å²) in [5, 5.41) is 11.2. The summed E-state index contributed by atoms with van der Waals surface area (Å²) in [7, 11) is 1.84. The van der Waals surface area contributed by atoms with Gasteiger partial charge in [0, 0.05) is 7.05 Å². The van der Waals surface area contributed by atoms with Crippen LogP contribution < -0.4 is 5.32 Å². The number of nitrogens with one attached hydrogen (secondary N) is 1. The van der Waals surface area contributed by atoms with E-state index in [-0.39, 0.29) is 11.9 Å². The standard InChI is InChI=1S/C11H14N4O2S/c1-8(9-4-3-5-17-9)13-10(16)6-18-11-14-12-7-15(11)2/h3-5,7-8H,6H2,1-2H3,(H,13,16)/t8-/m1/s1. The maximum absolute atomic E-state index is 11.7. The second-order valence-corrected chi connectivity index (χ2v) is 4.76. The van der Waals surface area contributed by atoms with Crippen molar-refractivity contribution in [1.82, 2.24) is 20.1 Å². The largest absolute Gasteiger partial charge is 0.467 e. The number of carbonyl (C=O) groups is 1. The van der Waals surface area contributed by atoms with Crippen molar-refractivity contribution in [3.63, 3.8) is 0 Å². The van der Waals surface area contributed by atoms with Crippen molar-refractivity contribution in [3.8, 4) is 0 Å². The lowest BCUT2D eigenvalue weighted by molar-refractivity contribution is -0.119. The van der Waals surface area contributed by atoms with Crippen molar-refractivity contribution < 1.29 is 9.21 Å². The molecule has 1 atom stereocenters. The molecule has 0 spiro atoms. The van der Waals surface area contributed by atoms with Crippen LogP contribution in [-0.4, -0.2) is 26.4 Å². The molecule has 0 unspecified atom stereocenters. The van der Waals surface area contributed by atoms with Crippen LogP contribution in [0.15, 0.2) is 34.3 Å². The maximum atomic E-state index is 11.7. The number of thioether (sulfide) groups is 1. The Balaban J connectivity index is 1.81. The first-order chi connectivity index (χ1) is 8.66. The Labute approximate surface area is 109 Å². The van der Waals surface area contributed by atoms with Crippen LogP contribution in [0.2, 0.25) is 0 Å². The van der Waals surface area contributed by atoms with Crippen LogP contribution in [0.4, 0.5) is 0 Å². The second kappa shape index (κ2) is 5.72. The van der Waals surface area contributed by atoms with E-state index in [4.69, 9.17) is 4.42 Å². The van der Waals surface area contributed by atoms with Crippen molar-refractivity contribution in [2.45, 2.75) is 18.1 Å². The Morgan fingerprint density at radius 2 is 2.50 bits per heavy atom. The highest BCUT2D eigenvalue weighted by molar-refractivity contribution is 7.99. The first-order valence-electron chi connectivity index (χ1n) is 5.46. The van der Waals surface area contributed by atoms with E-state index < -0.39 is 0 Å². The summed E-state index contributed by atoms with van der Waals surface area (Å²) in [6.45, 7) is 1.88. The fraction of sp³-hybridized carbons (Fsp3) is 0.364. The number of rotatable bonds is 5. The summed E-state index contributed by atoms with van der Waals surface area (Å²) in [5.74, 6) is 0.983. The summed E-state index contributed by atoms with van der Waals surface area (Å²) in [4.78, 5) is 11.7. The maximum Gasteiger partial charge on any atom is 0.231 e. The molecule has 7 heteroatoms. The predicted molar refractivity (Wildman–Crippen MR) is 67.0 cm³/mol. The molecule has 6 nitrogen and oxygen atoms in total. The third kappa shape index (κ3) is 3.13. The van der Waals surface area contributed by atoms with Crippen molar-refractivity contribution in [1.29, 1.82) is 0 Å². The van der Waals surface area contributed by atoms with Gasteiger partial charge in [-0.3, -0.25) is 4.79 Å². The summed E-state index contributed by atoms with van der Waals surface area (Å²) >= 11 is 1.35. The van der Waals surface area contributed by atoms with E-state index in [1.165, 1.54) is 11.8 Å². The average molecular weight is 266 g/mol. The lowest BCUT2D eigenvalue weighted by Gasteiger charge is -2.10. The van der Waals surface area contributed by atoms with Gasteiger partial charge in [0.15, 0.2) is 5.16 Å². The Morgan fingerprint density at radius 3 is 3.11 bits per heavy atom. The topological polar surface area (TPSA) is 73.0 Å². The molecule has 2 aromatic rings. The van der Waals surface area contributed by atoms with Gasteiger partial charge in [0.1, 0.15) is 12.1 Å². The molecule has 0 aliphatic heterocycles. The lowest BCUT2D eigenvalue weighted by Crippen LogP contribution is -2.28. The van der Waals surface area contributed by atoms with Gasteiger partial charge in [-0.1, -0.05) is 11.8 Å². The third-order valence-corrected chi connectivity index (χ3v) is 3.38. The van der Waals surface area contributed by atoms with Gasteiger partial charge in [-0.05, 0) is 19.1 Å². The molecule has 18 heavy (non-hydrogen) atoms. The molecule has 2 rings (SSSR count). The SMILES string of the molecule is C[C@@H](NC(=O)CSc1nncn1C)c1ccco1. The van der Waals surface area contributed by atoms with E-state index in [1.807, 2.05) is 20.0 Å². The molecule has 2 heterocycles. The van der Waals surface area contributed by atoms with E-state index in [9.17, 15) is 4.79 Å². The quantitative estimate of drug-likeness (QED) is 0.828. The molecule has 0 aromatic carbocycles. The molecular formula is C11H14N4O2S. The first kappa shape index (κ1) is 12.7. The van der Waals surface area contributed by atoms with Crippen LogP contribution >= 0.6 is 11.8 Å². The van der Waals surface area contributed by atoms with Crippen molar-refractivity contribution in [3.05, 3.63) is 30.5 Å². The number of hydrogen-bond acceptors (Lipinski definition) is 5. The second-order valence-electron chi connectivity index (χ2n) is 3.82. The minimum atomic E-state index is -0.132. The molecule has 1 amide bonds. The fourth-order valence-corrected chi connectivity index (χ4v) is 2.12. The number of furan rings is 1. The Bertz CT molecular complexity index is 509. The number of hydrogen-bond donors (Lipinski definition) is 1. The molecule has 0 radical (unpaired) electrons. The minimum absolute atomic E-state index is 0.0631. The molecule has 0 aliphatic rings. The number of aromatic nitrogens is 3. The zero-order valence-corrected chi connectivity index (χ0v) is 11.0. The van der Waals surface area contributed by atoms with Crippen LogP contribution in [0.1, 0.15) is 18.7 Å². The van der Waals surface area contributed by atoms with Gasteiger partial charge in [0.2, 0.25) is 5.91 Å².